The zero-order chi connectivity index (χ0) is 23.7. The van der Waals surface area contributed by atoms with Crippen molar-refractivity contribution in [3.05, 3.63) is 82.7 Å². The Balaban J connectivity index is 1.34. The Bertz CT molecular complexity index is 1430. The summed E-state index contributed by atoms with van der Waals surface area (Å²) in [7, 11) is 0. The van der Waals surface area contributed by atoms with Crippen molar-refractivity contribution >= 4 is 22.6 Å². The van der Waals surface area contributed by atoms with Crippen LogP contribution >= 0.6 is 0 Å². The lowest BCUT2D eigenvalue weighted by atomic mass is 10.0. The minimum absolute atomic E-state index is 0.110. The summed E-state index contributed by atoms with van der Waals surface area (Å²) in [6.45, 7) is 4.38. The van der Waals surface area contributed by atoms with Crippen LogP contribution < -0.4 is 25.0 Å². The number of benzene rings is 3. The molecule has 0 aliphatic carbocycles. The maximum absolute atomic E-state index is 13.1. The van der Waals surface area contributed by atoms with Crippen LogP contribution in [0.1, 0.15) is 12.7 Å². The van der Waals surface area contributed by atoms with E-state index in [-0.39, 0.29) is 11.3 Å². The van der Waals surface area contributed by atoms with Crippen molar-refractivity contribution in [2.45, 2.75) is 20.0 Å². The SMILES string of the molecule is Cc1oc2cc(O[C@H](C)C(=O)Nc3ccc4c(c3)OCCO4)ccc2c(=O)c1-c1ccccc1. The normalized spacial score (nSPS) is 13.4. The monoisotopic (exact) mass is 457 g/mol. The van der Waals surface area contributed by atoms with Crippen molar-refractivity contribution in [2.24, 2.45) is 0 Å². The van der Waals surface area contributed by atoms with Gasteiger partial charge in [0.05, 0.1) is 10.9 Å². The van der Waals surface area contributed by atoms with Gasteiger partial charge in [-0.3, -0.25) is 9.59 Å². The molecular weight excluding hydrogens is 434 g/mol. The third-order valence-electron chi connectivity index (χ3n) is 5.59. The van der Waals surface area contributed by atoms with E-state index >= 15 is 0 Å². The van der Waals surface area contributed by atoms with Gasteiger partial charge in [0.2, 0.25) is 5.43 Å². The molecule has 7 heteroatoms. The molecular formula is C27H23NO6. The molecule has 1 aliphatic heterocycles. The lowest BCUT2D eigenvalue weighted by Gasteiger charge is -2.20. The number of anilines is 1. The summed E-state index contributed by atoms with van der Waals surface area (Å²) in [6, 6.07) is 19.6. The van der Waals surface area contributed by atoms with Gasteiger partial charge < -0.3 is 23.9 Å². The summed E-state index contributed by atoms with van der Waals surface area (Å²) in [6.07, 6.45) is -0.790. The number of ether oxygens (including phenoxy) is 3. The van der Waals surface area contributed by atoms with Crippen molar-refractivity contribution in [3.8, 4) is 28.4 Å². The molecule has 1 N–H and O–H groups in total. The molecule has 1 aliphatic rings. The topological polar surface area (TPSA) is 87.0 Å². The molecule has 0 spiro atoms. The Hall–Kier alpha value is -4.26. The summed E-state index contributed by atoms with van der Waals surface area (Å²) in [4.78, 5) is 25.8. The zero-order valence-corrected chi connectivity index (χ0v) is 18.8. The molecule has 0 saturated carbocycles. The Morgan fingerprint density at radius 2 is 1.74 bits per heavy atom. The van der Waals surface area contributed by atoms with Gasteiger partial charge in [0.15, 0.2) is 17.6 Å². The van der Waals surface area contributed by atoms with Crippen molar-refractivity contribution < 1.29 is 23.4 Å². The molecule has 5 rings (SSSR count). The van der Waals surface area contributed by atoms with Crippen LogP contribution in [0.2, 0.25) is 0 Å². The predicted octanol–water partition coefficient (Wildman–Crippen LogP) is 4.95. The van der Waals surface area contributed by atoms with Crippen LogP contribution in [-0.2, 0) is 4.79 Å². The lowest BCUT2D eigenvalue weighted by molar-refractivity contribution is -0.122. The van der Waals surface area contributed by atoms with Crippen LogP contribution in [-0.4, -0.2) is 25.2 Å². The van der Waals surface area contributed by atoms with E-state index in [1.165, 1.54) is 0 Å². The fraction of sp³-hybridized carbons (Fsp3) is 0.185. The van der Waals surface area contributed by atoms with Crippen LogP contribution in [0.25, 0.3) is 22.1 Å². The van der Waals surface area contributed by atoms with Crippen molar-refractivity contribution in [1.82, 2.24) is 0 Å². The predicted molar refractivity (Wildman–Crippen MR) is 129 cm³/mol. The highest BCUT2D eigenvalue weighted by Crippen LogP contribution is 2.33. The molecule has 172 valence electrons. The molecule has 4 aromatic rings. The number of hydrogen-bond acceptors (Lipinski definition) is 6. The zero-order valence-electron chi connectivity index (χ0n) is 18.8. The molecule has 1 amide bonds. The minimum atomic E-state index is -0.790. The Labute approximate surface area is 195 Å². The van der Waals surface area contributed by atoms with E-state index in [2.05, 4.69) is 5.32 Å². The number of amides is 1. The molecule has 1 aromatic heterocycles. The van der Waals surface area contributed by atoms with Gasteiger partial charge in [-0.25, -0.2) is 0 Å². The number of rotatable bonds is 5. The second-order valence-corrected chi connectivity index (χ2v) is 7.99. The maximum atomic E-state index is 13.1. The third kappa shape index (κ3) is 4.20. The Kier molecular flexibility index (Phi) is 5.67. The molecule has 0 fully saturated rings. The molecule has 0 saturated heterocycles. The highest BCUT2D eigenvalue weighted by atomic mass is 16.6. The largest absolute Gasteiger partial charge is 0.486 e. The summed E-state index contributed by atoms with van der Waals surface area (Å²) >= 11 is 0. The van der Waals surface area contributed by atoms with E-state index in [9.17, 15) is 9.59 Å². The molecule has 34 heavy (non-hydrogen) atoms. The maximum Gasteiger partial charge on any atom is 0.265 e. The molecule has 0 radical (unpaired) electrons. The first-order chi connectivity index (χ1) is 16.5. The summed E-state index contributed by atoms with van der Waals surface area (Å²) in [5.41, 5.74) is 2.22. The number of fused-ring (bicyclic) bond motifs is 2. The van der Waals surface area contributed by atoms with Gasteiger partial charge in [-0.1, -0.05) is 30.3 Å². The van der Waals surface area contributed by atoms with Crippen LogP contribution in [0.5, 0.6) is 17.2 Å². The van der Waals surface area contributed by atoms with Crippen molar-refractivity contribution in [2.75, 3.05) is 18.5 Å². The number of hydrogen-bond donors (Lipinski definition) is 1. The van der Waals surface area contributed by atoms with E-state index in [4.69, 9.17) is 18.6 Å². The fourth-order valence-corrected chi connectivity index (χ4v) is 3.92. The molecule has 0 bridgehead atoms. The smallest absolute Gasteiger partial charge is 0.265 e. The van der Waals surface area contributed by atoms with E-state index in [1.54, 1.807) is 50.2 Å². The van der Waals surface area contributed by atoms with E-state index < -0.39 is 6.10 Å². The first-order valence-corrected chi connectivity index (χ1v) is 11.0. The average molecular weight is 457 g/mol. The van der Waals surface area contributed by atoms with E-state index in [1.807, 2.05) is 30.3 Å². The van der Waals surface area contributed by atoms with Crippen LogP contribution in [0, 0.1) is 6.92 Å². The van der Waals surface area contributed by atoms with Gasteiger partial charge in [-0.15, -0.1) is 0 Å². The second-order valence-electron chi connectivity index (χ2n) is 7.99. The lowest BCUT2D eigenvalue weighted by Crippen LogP contribution is -2.30. The van der Waals surface area contributed by atoms with Gasteiger partial charge in [-0.2, -0.15) is 0 Å². The van der Waals surface area contributed by atoms with Crippen LogP contribution in [0.3, 0.4) is 0 Å². The number of carbonyl (C=O) groups excluding carboxylic acids is 1. The first-order valence-electron chi connectivity index (χ1n) is 11.0. The van der Waals surface area contributed by atoms with Crippen LogP contribution in [0.4, 0.5) is 5.69 Å². The average Bonchev–Trinajstić information content (AvgIpc) is 2.84. The number of nitrogens with one attached hydrogen (secondary N) is 1. The fourth-order valence-electron chi connectivity index (χ4n) is 3.92. The molecule has 3 aromatic carbocycles. The third-order valence-corrected chi connectivity index (χ3v) is 5.59. The minimum Gasteiger partial charge on any atom is -0.486 e. The van der Waals surface area contributed by atoms with E-state index in [0.29, 0.717) is 58.4 Å². The highest BCUT2D eigenvalue weighted by Gasteiger charge is 2.19. The van der Waals surface area contributed by atoms with Gasteiger partial charge >= 0.3 is 0 Å². The number of aryl methyl sites for hydroxylation is 1. The first kappa shape index (κ1) is 21.6. The van der Waals surface area contributed by atoms with Gasteiger partial charge in [0.25, 0.3) is 5.91 Å². The Morgan fingerprint density at radius 3 is 2.53 bits per heavy atom. The van der Waals surface area contributed by atoms with Crippen molar-refractivity contribution in [1.29, 1.82) is 0 Å². The standard InChI is InChI=1S/C27H23NO6/c1-16-25(18-6-4-3-5-7-18)26(29)21-10-9-20(15-23(21)34-16)33-17(2)27(30)28-19-8-11-22-24(14-19)32-13-12-31-22/h3-11,14-15,17H,12-13H2,1-2H3,(H,28,30)/t17-/m1/s1. The van der Waals surface area contributed by atoms with Crippen LogP contribution in [0.15, 0.2) is 75.9 Å². The summed E-state index contributed by atoms with van der Waals surface area (Å²) in [5.74, 6) is 1.86. The molecule has 2 heterocycles. The molecule has 1 atom stereocenters. The summed E-state index contributed by atoms with van der Waals surface area (Å²) in [5, 5.41) is 3.27. The highest BCUT2D eigenvalue weighted by molar-refractivity contribution is 5.94. The quantitative estimate of drug-likeness (QED) is 0.457. The van der Waals surface area contributed by atoms with Crippen molar-refractivity contribution in [3.63, 3.8) is 0 Å². The Morgan fingerprint density at radius 1 is 0.971 bits per heavy atom. The summed E-state index contributed by atoms with van der Waals surface area (Å²) < 4.78 is 22.8. The van der Waals surface area contributed by atoms with Gasteiger partial charge in [-0.05, 0) is 43.7 Å². The number of carbonyl (C=O) groups is 1. The van der Waals surface area contributed by atoms with E-state index in [0.717, 1.165) is 5.56 Å². The second kappa shape index (κ2) is 8.94. The van der Waals surface area contributed by atoms with Gasteiger partial charge in [0, 0.05) is 17.8 Å². The molecule has 0 unspecified atom stereocenters. The van der Waals surface area contributed by atoms with Gasteiger partial charge in [0.1, 0.15) is 30.3 Å². The molecule has 7 nitrogen and oxygen atoms in total.